The van der Waals surface area contributed by atoms with E-state index in [1.165, 1.54) is 0 Å². The molecule has 3 aliphatic rings. The zero-order valence-electron chi connectivity index (χ0n) is 23.5. The molecule has 9 nitrogen and oxygen atoms in total. The van der Waals surface area contributed by atoms with E-state index >= 15 is 0 Å². The fourth-order valence-electron chi connectivity index (χ4n) is 4.82. The van der Waals surface area contributed by atoms with Gasteiger partial charge in [0.1, 0.15) is 31.1 Å². The summed E-state index contributed by atoms with van der Waals surface area (Å²) >= 11 is 0. The molecule has 2 amide bonds. The van der Waals surface area contributed by atoms with Gasteiger partial charge in [-0.25, -0.2) is 9.59 Å². The first-order chi connectivity index (χ1) is 18.5. The third-order valence-corrected chi connectivity index (χ3v) is 12.8. The second kappa shape index (κ2) is 10.7. The third kappa shape index (κ3) is 5.72. The Kier molecular flexibility index (Phi) is 7.52. The fraction of sp³-hybridized carbons (Fsp3) is 0.517. The van der Waals surface area contributed by atoms with E-state index in [1.807, 2.05) is 48.5 Å². The number of carbonyl (C=O) groups excluding carboxylic acids is 2. The molecule has 2 atom stereocenters. The van der Waals surface area contributed by atoms with Crippen LogP contribution < -0.4 is 14.5 Å². The molecule has 0 saturated carbocycles. The molecule has 10 heteroatoms. The molecule has 210 valence electrons. The number of anilines is 2. The van der Waals surface area contributed by atoms with Gasteiger partial charge in [-0.3, -0.25) is 4.90 Å². The zero-order valence-corrected chi connectivity index (χ0v) is 24.5. The molecule has 39 heavy (non-hydrogen) atoms. The average molecular weight is 554 g/mol. The quantitative estimate of drug-likeness (QED) is 0.452. The molecule has 2 aromatic carbocycles. The van der Waals surface area contributed by atoms with Crippen LogP contribution in [0.3, 0.4) is 0 Å². The van der Waals surface area contributed by atoms with Gasteiger partial charge >= 0.3 is 12.2 Å². The Morgan fingerprint density at radius 3 is 2.46 bits per heavy atom. The van der Waals surface area contributed by atoms with Gasteiger partial charge in [-0.2, -0.15) is 0 Å². The van der Waals surface area contributed by atoms with Gasteiger partial charge in [0, 0.05) is 37.9 Å². The lowest BCUT2D eigenvalue weighted by atomic mass is 10.1. The molecule has 0 unspecified atom stereocenters. The SMILES string of the molecule is CC(C)(C)[Si](C)(C)OC[C@@H]1OC(=O)N2c3ccc(N4CCN(C(=O)OCc5ccccc5)CC4)cc3OC[C@@H]12. The summed E-state index contributed by atoms with van der Waals surface area (Å²) in [6, 6.07) is 15.4. The van der Waals surface area contributed by atoms with Crippen LogP contribution in [0.25, 0.3) is 0 Å². The lowest BCUT2D eigenvalue weighted by Crippen LogP contribution is -2.49. The van der Waals surface area contributed by atoms with Crippen molar-refractivity contribution in [2.75, 3.05) is 49.2 Å². The van der Waals surface area contributed by atoms with Crippen molar-refractivity contribution in [3.8, 4) is 5.75 Å². The van der Waals surface area contributed by atoms with Gasteiger partial charge < -0.3 is 28.4 Å². The topological polar surface area (TPSA) is 80.8 Å². The monoisotopic (exact) mass is 553 g/mol. The smallest absolute Gasteiger partial charge is 0.415 e. The molecule has 0 aliphatic carbocycles. The summed E-state index contributed by atoms with van der Waals surface area (Å²) in [4.78, 5) is 31.1. The van der Waals surface area contributed by atoms with Crippen LogP contribution in [-0.2, 0) is 20.5 Å². The number of hydrogen-bond acceptors (Lipinski definition) is 7. The standard InChI is InChI=1S/C29H39N3O6Si/c1-29(2,3)39(4,5)37-20-26-24-19-35-25-17-22(11-12-23(25)32(24)28(34)38-26)30-13-15-31(16-14-30)27(33)36-18-21-9-7-6-8-10-21/h6-12,17,24,26H,13-16,18-20H2,1-5H3/t24-,26-/m0/s1. The van der Waals surface area contributed by atoms with Crippen molar-refractivity contribution < 1.29 is 28.2 Å². The van der Waals surface area contributed by atoms with E-state index in [-0.39, 0.29) is 36.0 Å². The first kappa shape index (κ1) is 27.3. The molecule has 0 bridgehead atoms. The molecule has 2 aromatic rings. The number of amides is 2. The number of cyclic esters (lactones) is 1. The number of ether oxygens (including phenoxy) is 3. The lowest BCUT2D eigenvalue weighted by Gasteiger charge is -2.38. The maximum Gasteiger partial charge on any atom is 0.415 e. The Balaban J connectivity index is 1.18. The van der Waals surface area contributed by atoms with Crippen LogP contribution in [0, 0.1) is 0 Å². The van der Waals surface area contributed by atoms with Crippen LogP contribution >= 0.6 is 0 Å². The zero-order chi connectivity index (χ0) is 27.8. The minimum absolute atomic E-state index is 0.0787. The summed E-state index contributed by atoms with van der Waals surface area (Å²) in [6.07, 6.45) is -1.02. The fourth-order valence-corrected chi connectivity index (χ4v) is 5.84. The van der Waals surface area contributed by atoms with E-state index in [2.05, 4.69) is 38.8 Å². The van der Waals surface area contributed by atoms with Gasteiger partial charge in [-0.05, 0) is 35.8 Å². The Morgan fingerprint density at radius 1 is 1.05 bits per heavy atom. The van der Waals surface area contributed by atoms with E-state index in [0.717, 1.165) is 16.9 Å². The second-order valence-electron chi connectivity index (χ2n) is 11.9. The van der Waals surface area contributed by atoms with Gasteiger partial charge in [-0.15, -0.1) is 0 Å². The largest absolute Gasteiger partial charge is 0.489 e. The number of hydrogen-bond donors (Lipinski definition) is 0. The van der Waals surface area contributed by atoms with Gasteiger partial charge in [0.25, 0.3) is 0 Å². The normalized spacial score (nSPS) is 21.2. The van der Waals surface area contributed by atoms with E-state index in [4.69, 9.17) is 18.6 Å². The highest BCUT2D eigenvalue weighted by Crippen LogP contribution is 2.42. The molecule has 3 aliphatic heterocycles. The Labute approximate surface area is 231 Å². The Bertz CT molecular complexity index is 1190. The number of nitrogens with zero attached hydrogens (tertiary/aromatic N) is 3. The first-order valence-electron chi connectivity index (χ1n) is 13.6. The second-order valence-corrected chi connectivity index (χ2v) is 16.7. The summed E-state index contributed by atoms with van der Waals surface area (Å²) < 4.78 is 23.7. The molecule has 0 N–H and O–H groups in total. The number of carbonyl (C=O) groups is 2. The van der Waals surface area contributed by atoms with Crippen molar-refractivity contribution in [3.63, 3.8) is 0 Å². The molecule has 0 spiro atoms. The van der Waals surface area contributed by atoms with Gasteiger partial charge in [0.05, 0.1) is 12.3 Å². The minimum Gasteiger partial charge on any atom is -0.489 e. The van der Waals surface area contributed by atoms with E-state index in [0.29, 0.717) is 45.1 Å². The highest BCUT2D eigenvalue weighted by atomic mass is 28.4. The number of fused-ring (bicyclic) bond motifs is 3. The van der Waals surface area contributed by atoms with Crippen LogP contribution in [0.2, 0.25) is 18.1 Å². The van der Waals surface area contributed by atoms with E-state index in [9.17, 15) is 9.59 Å². The van der Waals surface area contributed by atoms with Crippen molar-refractivity contribution in [2.24, 2.45) is 0 Å². The highest BCUT2D eigenvalue weighted by molar-refractivity contribution is 6.74. The Morgan fingerprint density at radius 2 is 1.77 bits per heavy atom. The number of piperazine rings is 1. The maximum absolute atomic E-state index is 12.9. The molecular weight excluding hydrogens is 514 g/mol. The lowest BCUT2D eigenvalue weighted by molar-refractivity contribution is 0.0770. The van der Waals surface area contributed by atoms with Crippen LogP contribution in [0.1, 0.15) is 26.3 Å². The van der Waals surface area contributed by atoms with Crippen molar-refractivity contribution >= 4 is 31.9 Å². The van der Waals surface area contributed by atoms with Gasteiger partial charge in [-0.1, -0.05) is 51.1 Å². The molecule has 5 rings (SSSR count). The van der Waals surface area contributed by atoms with Gasteiger partial charge in [0.2, 0.25) is 0 Å². The Hall–Kier alpha value is -3.24. The predicted octanol–water partition coefficient (Wildman–Crippen LogP) is 5.25. The van der Waals surface area contributed by atoms with Gasteiger partial charge in [0.15, 0.2) is 8.32 Å². The first-order valence-corrected chi connectivity index (χ1v) is 16.6. The molecule has 2 fully saturated rings. The van der Waals surface area contributed by atoms with Crippen LogP contribution in [0.5, 0.6) is 5.75 Å². The van der Waals surface area contributed by atoms with Crippen molar-refractivity contribution in [1.82, 2.24) is 4.90 Å². The van der Waals surface area contributed by atoms with Crippen LogP contribution in [-0.4, -0.2) is 76.9 Å². The highest BCUT2D eigenvalue weighted by Gasteiger charge is 2.48. The number of rotatable bonds is 6. The summed E-state index contributed by atoms with van der Waals surface area (Å²) in [5.74, 6) is 0.663. The maximum atomic E-state index is 12.9. The molecular formula is C29H39N3O6Si. The number of benzene rings is 2. The van der Waals surface area contributed by atoms with E-state index in [1.54, 1.807) is 9.80 Å². The molecule has 0 aromatic heterocycles. The van der Waals surface area contributed by atoms with Crippen molar-refractivity contribution in [3.05, 3.63) is 54.1 Å². The predicted molar refractivity (Wildman–Crippen MR) is 152 cm³/mol. The van der Waals surface area contributed by atoms with Crippen molar-refractivity contribution in [1.29, 1.82) is 0 Å². The minimum atomic E-state index is -1.97. The summed E-state index contributed by atoms with van der Waals surface area (Å²) in [6.45, 7) is 14.5. The molecule has 0 radical (unpaired) electrons. The third-order valence-electron chi connectivity index (χ3n) is 8.34. The summed E-state index contributed by atoms with van der Waals surface area (Å²) in [7, 11) is -1.97. The van der Waals surface area contributed by atoms with Crippen molar-refractivity contribution in [2.45, 2.75) is 57.7 Å². The molecule has 2 saturated heterocycles. The summed E-state index contributed by atoms with van der Waals surface area (Å²) in [5.41, 5.74) is 2.69. The van der Waals surface area contributed by atoms with E-state index < -0.39 is 8.32 Å². The van der Waals surface area contributed by atoms with Crippen LogP contribution in [0.15, 0.2) is 48.5 Å². The summed E-state index contributed by atoms with van der Waals surface area (Å²) in [5, 5.41) is 0.0787. The van der Waals surface area contributed by atoms with Crippen LogP contribution in [0.4, 0.5) is 21.0 Å². The molecule has 3 heterocycles. The average Bonchev–Trinajstić information content (AvgIpc) is 3.26.